The van der Waals surface area contributed by atoms with Crippen LogP contribution in [0.15, 0.2) is 29.2 Å². The summed E-state index contributed by atoms with van der Waals surface area (Å²) >= 11 is 0. The van der Waals surface area contributed by atoms with Crippen molar-refractivity contribution in [3.63, 3.8) is 0 Å². The van der Waals surface area contributed by atoms with Crippen molar-refractivity contribution in [2.75, 3.05) is 5.73 Å². The first kappa shape index (κ1) is 24.4. The predicted molar refractivity (Wildman–Crippen MR) is 129 cm³/mol. The fraction of sp³-hybridized carbons (Fsp3) is 0.571. The first-order valence-corrected chi connectivity index (χ1v) is 15.1. The Morgan fingerprint density at radius 2 is 1.56 bits per heavy atom. The van der Waals surface area contributed by atoms with Crippen LogP contribution in [-0.2, 0) is 4.12 Å². The van der Waals surface area contributed by atoms with Crippen LogP contribution >= 0.6 is 0 Å². The first-order valence-electron chi connectivity index (χ1n) is 11.1. The summed E-state index contributed by atoms with van der Waals surface area (Å²) in [5.41, 5.74) is 7.20. The molecule has 0 bridgehead atoms. The van der Waals surface area contributed by atoms with Crippen LogP contribution in [0.2, 0.25) is 22.2 Å². The Bertz CT molecular complexity index is 1050. The standard InChI is InChI=1S/C21H35N5O4Si2/c1-13(2)31(27,14(3)4)30-32(15(5)6,16(7)8)29-18-10-9-17(28-18)26-12-25-19-20(22)23-11-24-21(19)26/h9-16,27H,1-8H3,(H2,22,23,24). The quantitative estimate of drug-likeness (QED) is 0.417. The molecule has 3 heterocycles. The van der Waals surface area contributed by atoms with E-state index in [4.69, 9.17) is 18.7 Å². The van der Waals surface area contributed by atoms with Gasteiger partial charge in [0, 0.05) is 23.2 Å². The number of hydrogen-bond acceptors (Lipinski definition) is 8. The molecular weight excluding hydrogens is 442 g/mol. The third-order valence-electron chi connectivity index (χ3n) is 6.01. The average Bonchev–Trinajstić information content (AvgIpc) is 3.33. The number of nitrogen functional groups attached to an aromatic ring is 1. The van der Waals surface area contributed by atoms with E-state index in [2.05, 4.69) is 42.6 Å². The molecule has 0 saturated heterocycles. The number of rotatable bonds is 9. The van der Waals surface area contributed by atoms with Gasteiger partial charge in [0.05, 0.1) is 0 Å². The Morgan fingerprint density at radius 3 is 2.12 bits per heavy atom. The van der Waals surface area contributed by atoms with Crippen molar-refractivity contribution in [2.24, 2.45) is 0 Å². The lowest BCUT2D eigenvalue weighted by Crippen LogP contribution is -2.61. The van der Waals surface area contributed by atoms with Crippen molar-refractivity contribution in [2.45, 2.75) is 77.6 Å². The van der Waals surface area contributed by atoms with Crippen molar-refractivity contribution in [1.29, 1.82) is 0 Å². The highest BCUT2D eigenvalue weighted by atomic mass is 28.5. The van der Waals surface area contributed by atoms with Gasteiger partial charge in [0.1, 0.15) is 12.7 Å². The van der Waals surface area contributed by atoms with Crippen LogP contribution in [0.5, 0.6) is 5.95 Å². The predicted octanol–water partition coefficient (Wildman–Crippen LogP) is 4.90. The second kappa shape index (κ2) is 8.97. The summed E-state index contributed by atoms with van der Waals surface area (Å²) in [6.45, 7) is 16.5. The van der Waals surface area contributed by atoms with Crippen LogP contribution in [0.3, 0.4) is 0 Å². The topological polar surface area (TPSA) is 121 Å². The van der Waals surface area contributed by atoms with Crippen LogP contribution in [0.4, 0.5) is 5.82 Å². The van der Waals surface area contributed by atoms with Gasteiger partial charge in [-0.05, 0) is 11.1 Å². The van der Waals surface area contributed by atoms with E-state index in [1.54, 1.807) is 23.0 Å². The Kier molecular flexibility index (Phi) is 6.84. The van der Waals surface area contributed by atoms with E-state index in [9.17, 15) is 4.80 Å². The van der Waals surface area contributed by atoms with Gasteiger partial charge >= 0.3 is 17.1 Å². The number of furan rings is 1. The van der Waals surface area contributed by atoms with Crippen LogP contribution in [-0.4, -0.2) is 41.4 Å². The number of nitrogens with two attached hydrogens (primary N) is 1. The molecule has 9 nitrogen and oxygen atoms in total. The summed E-state index contributed by atoms with van der Waals surface area (Å²) in [5, 5.41) is 0. The lowest BCUT2D eigenvalue weighted by Gasteiger charge is -2.45. The number of fused-ring (bicyclic) bond motifs is 1. The van der Waals surface area contributed by atoms with Crippen molar-refractivity contribution in [1.82, 2.24) is 19.5 Å². The Labute approximate surface area is 191 Å². The third-order valence-corrected chi connectivity index (χ3v) is 15.6. The average molecular weight is 478 g/mol. The molecule has 3 rings (SSSR count). The summed E-state index contributed by atoms with van der Waals surface area (Å²) < 4.78 is 21.1. The molecule has 0 atom stereocenters. The number of imidazole rings is 1. The molecule has 0 aliphatic heterocycles. The normalized spacial score (nSPS) is 13.3. The minimum Gasteiger partial charge on any atom is -0.494 e. The Morgan fingerprint density at radius 1 is 0.938 bits per heavy atom. The van der Waals surface area contributed by atoms with Crippen LogP contribution in [0.25, 0.3) is 17.0 Å². The lowest BCUT2D eigenvalue weighted by molar-refractivity contribution is 0.245. The molecule has 3 aromatic heterocycles. The number of hydrogen-bond donors (Lipinski definition) is 2. The molecule has 0 fully saturated rings. The van der Waals surface area contributed by atoms with E-state index < -0.39 is 17.1 Å². The molecular formula is C21H35N5O4Si2. The summed E-state index contributed by atoms with van der Waals surface area (Å²) in [6, 6.07) is 3.57. The Balaban J connectivity index is 1.99. The maximum Gasteiger partial charge on any atom is 0.398 e. The molecule has 0 spiro atoms. The summed E-state index contributed by atoms with van der Waals surface area (Å²) in [7, 11) is -6.00. The molecule has 3 aromatic rings. The number of nitrogens with zero attached hydrogens (tertiary/aromatic N) is 4. The van der Waals surface area contributed by atoms with Gasteiger partial charge in [-0.2, -0.15) is 0 Å². The maximum absolute atomic E-state index is 11.6. The highest BCUT2D eigenvalue weighted by Crippen LogP contribution is 2.43. The smallest absolute Gasteiger partial charge is 0.398 e. The molecule has 0 unspecified atom stereocenters. The monoisotopic (exact) mass is 477 g/mol. The molecule has 0 aliphatic rings. The van der Waals surface area contributed by atoms with Crippen molar-refractivity contribution < 1.29 is 17.8 Å². The second-order valence-electron chi connectivity index (χ2n) is 9.43. The highest BCUT2D eigenvalue weighted by Gasteiger charge is 2.56. The zero-order chi connectivity index (χ0) is 23.8. The largest absolute Gasteiger partial charge is 0.494 e. The van der Waals surface area contributed by atoms with Gasteiger partial charge in [-0.3, -0.25) is 4.57 Å². The first-order chi connectivity index (χ1) is 14.9. The van der Waals surface area contributed by atoms with E-state index >= 15 is 0 Å². The molecule has 0 aliphatic carbocycles. The fourth-order valence-corrected chi connectivity index (χ4v) is 13.5. The molecule has 11 heteroatoms. The number of aromatic nitrogens is 4. The van der Waals surface area contributed by atoms with Crippen LogP contribution in [0, 0.1) is 0 Å². The van der Waals surface area contributed by atoms with Crippen molar-refractivity contribution >= 4 is 34.1 Å². The molecule has 0 radical (unpaired) electrons. The van der Waals surface area contributed by atoms with E-state index in [1.807, 2.05) is 27.7 Å². The summed E-state index contributed by atoms with van der Waals surface area (Å²) in [6.07, 6.45) is 2.98. The SMILES string of the molecule is CC(C)[Si](O)(O[Si](Oc1ccc(-n2cnc3c(N)ncnc32)o1)(C(C)C)C(C)C)C(C)C. The minimum atomic E-state index is -3.06. The van der Waals surface area contributed by atoms with E-state index in [0.717, 1.165) is 0 Å². The lowest BCUT2D eigenvalue weighted by atomic mass is 10.5. The molecule has 3 N–H and O–H groups in total. The number of anilines is 1. The molecule has 32 heavy (non-hydrogen) atoms. The molecule has 0 saturated carbocycles. The fourth-order valence-electron chi connectivity index (χ4n) is 3.98. The minimum absolute atomic E-state index is 0.0325. The highest BCUT2D eigenvalue weighted by molar-refractivity contribution is 6.83. The van der Waals surface area contributed by atoms with Gasteiger partial charge in [-0.1, -0.05) is 55.4 Å². The van der Waals surface area contributed by atoms with E-state index in [1.165, 1.54) is 6.33 Å². The zero-order valence-electron chi connectivity index (χ0n) is 20.2. The van der Waals surface area contributed by atoms with E-state index in [0.29, 0.717) is 28.8 Å². The van der Waals surface area contributed by atoms with Gasteiger partial charge in [0.2, 0.25) is 5.88 Å². The zero-order valence-corrected chi connectivity index (χ0v) is 22.2. The third kappa shape index (κ3) is 4.21. The second-order valence-corrected chi connectivity index (χ2v) is 18.0. The van der Waals surface area contributed by atoms with Gasteiger partial charge in [0.25, 0.3) is 5.95 Å². The molecule has 176 valence electrons. The molecule has 0 amide bonds. The molecule has 0 aromatic carbocycles. The summed E-state index contributed by atoms with van der Waals surface area (Å²) in [5.74, 6) is 1.15. The van der Waals surface area contributed by atoms with Gasteiger partial charge in [0.15, 0.2) is 17.0 Å². The van der Waals surface area contributed by atoms with Gasteiger partial charge in [-0.15, -0.1) is 0 Å². The van der Waals surface area contributed by atoms with Gasteiger partial charge in [-0.25, -0.2) is 15.0 Å². The van der Waals surface area contributed by atoms with Crippen molar-refractivity contribution in [3.05, 3.63) is 24.8 Å². The van der Waals surface area contributed by atoms with Crippen LogP contribution in [0.1, 0.15) is 55.4 Å². The maximum atomic E-state index is 11.6. The Hall–Kier alpha value is -2.22. The van der Waals surface area contributed by atoms with E-state index in [-0.39, 0.29) is 22.2 Å². The van der Waals surface area contributed by atoms with Crippen LogP contribution < -0.4 is 10.2 Å². The summed E-state index contributed by atoms with van der Waals surface area (Å²) in [4.78, 5) is 24.1. The van der Waals surface area contributed by atoms with Gasteiger partial charge < -0.3 is 23.5 Å². The van der Waals surface area contributed by atoms with Crippen molar-refractivity contribution in [3.8, 4) is 11.8 Å².